The SMILES string of the molecule is CNCC(C)(C)Oc1cccc(C(C)(C)C)c1. The minimum Gasteiger partial charge on any atom is -0.487 e. The Balaban J connectivity index is 2.86. The second kappa shape index (κ2) is 5.09. The van der Waals surface area contributed by atoms with Crippen LogP contribution in [0, 0.1) is 0 Å². The molecule has 0 amide bonds. The number of ether oxygens (including phenoxy) is 1. The molecule has 2 heteroatoms. The Morgan fingerprint density at radius 2 is 1.76 bits per heavy atom. The number of hydrogen-bond acceptors (Lipinski definition) is 2. The van der Waals surface area contributed by atoms with Gasteiger partial charge in [0.2, 0.25) is 0 Å². The van der Waals surface area contributed by atoms with Gasteiger partial charge in [-0.15, -0.1) is 0 Å². The van der Waals surface area contributed by atoms with Gasteiger partial charge >= 0.3 is 0 Å². The lowest BCUT2D eigenvalue weighted by molar-refractivity contribution is 0.110. The van der Waals surface area contributed by atoms with Crippen LogP contribution in [-0.2, 0) is 5.41 Å². The van der Waals surface area contributed by atoms with Crippen LogP contribution in [0.4, 0.5) is 0 Å². The number of hydrogen-bond donors (Lipinski definition) is 1. The Hall–Kier alpha value is -1.02. The number of nitrogens with one attached hydrogen (secondary N) is 1. The first kappa shape index (κ1) is 14.0. The number of likely N-dealkylation sites (N-methyl/N-ethyl adjacent to an activating group) is 1. The Kier molecular flexibility index (Phi) is 4.21. The van der Waals surface area contributed by atoms with Gasteiger partial charge in [0.05, 0.1) is 0 Å². The molecular weight excluding hydrogens is 210 g/mol. The third-order valence-corrected chi connectivity index (χ3v) is 2.70. The first-order valence-electron chi connectivity index (χ1n) is 6.19. The minimum atomic E-state index is -0.189. The van der Waals surface area contributed by atoms with E-state index in [0.717, 1.165) is 12.3 Å². The Morgan fingerprint density at radius 3 is 2.29 bits per heavy atom. The average molecular weight is 235 g/mol. The third-order valence-electron chi connectivity index (χ3n) is 2.70. The lowest BCUT2D eigenvalue weighted by Crippen LogP contribution is -2.38. The Labute approximate surface area is 105 Å². The zero-order chi connectivity index (χ0) is 13.1. The van der Waals surface area contributed by atoms with Crippen molar-refractivity contribution in [3.8, 4) is 5.75 Å². The summed E-state index contributed by atoms with van der Waals surface area (Å²) in [5.74, 6) is 0.942. The molecular formula is C15H25NO. The van der Waals surface area contributed by atoms with Crippen molar-refractivity contribution in [2.45, 2.75) is 45.6 Å². The van der Waals surface area contributed by atoms with E-state index in [0.29, 0.717) is 0 Å². The van der Waals surface area contributed by atoms with Crippen molar-refractivity contribution >= 4 is 0 Å². The van der Waals surface area contributed by atoms with Gasteiger partial charge in [-0.05, 0) is 44.0 Å². The highest BCUT2D eigenvalue weighted by atomic mass is 16.5. The summed E-state index contributed by atoms with van der Waals surface area (Å²) in [4.78, 5) is 0. The molecule has 17 heavy (non-hydrogen) atoms. The molecule has 0 heterocycles. The lowest BCUT2D eigenvalue weighted by Gasteiger charge is -2.27. The van der Waals surface area contributed by atoms with Crippen molar-refractivity contribution in [2.24, 2.45) is 0 Å². The molecule has 0 aromatic heterocycles. The number of benzene rings is 1. The molecule has 0 spiro atoms. The van der Waals surface area contributed by atoms with Crippen LogP contribution < -0.4 is 10.1 Å². The summed E-state index contributed by atoms with van der Waals surface area (Å²) in [7, 11) is 1.94. The van der Waals surface area contributed by atoms with E-state index in [1.165, 1.54) is 5.56 Å². The zero-order valence-electron chi connectivity index (χ0n) is 11.9. The molecule has 0 bridgehead atoms. The van der Waals surface area contributed by atoms with Crippen LogP contribution in [0.1, 0.15) is 40.2 Å². The smallest absolute Gasteiger partial charge is 0.120 e. The summed E-state index contributed by atoms with van der Waals surface area (Å²) < 4.78 is 6.02. The van der Waals surface area contributed by atoms with Gasteiger partial charge in [-0.25, -0.2) is 0 Å². The van der Waals surface area contributed by atoms with Crippen molar-refractivity contribution in [3.63, 3.8) is 0 Å². The molecule has 0 aliphatic heterocycles. The van der Waals surface area contributed by atoms with E-state index in [-0.39, 0.29) is 11.0 Å². The molecule has 0 saturated carbocycles. The standard InChI is InChI=1S/C15H25NO/c1-14(2,3)12-8-7-9-13(10-12)17-15(4,5)11-16-6/h7-10,16H,11H2,1-6H3. The van der Waals surface area contributed by atoms with Gasteiger partial charge in [-0.2, -0.15) is 0 Å². The summed E-state index contributed by atoms with van der Waals surface area (Å²) in [5, 5.41) is 3.15. The maximum absolute atomic E-state index is 6.02. The predicted molar refractivity (Wildman–Crippen MR) is 73.8 cm³/mol. The summed E-state index contributed by atoms with van der Waals surface area (Å²) in [5.41, 5.74) is 1.27. The molecule has 1 rings (SSSR count). The Morgan fingerprint density at radius 1 is 1.12 bits per heavy atom. The zero-order valence-corrected chi connectivity index (χ0v) is 11.9. The van der Waals surface area contributed by atoms with Crippen LogP contribution >= 0.6 is 0 Å². The predicted octanol–water partition coefficient (Wildman–Crippen LogP) is 3.36. The summed E-state index contributed by atoms with van der Waals surface area (Å²) in [6.07, 6.45) is 0. The van der Waals surface area contributed by atoms with Gasteiger partial charge in [0.15, 0.2) is 0 Å². The maximum atomic E-state index is 6.02. The monoisotopic (exact) mass is 235 g/mol. The van der Waals surface area contributed by atoms with Crippen molar-refractivity contribution in [3.05, 3.63) is 29.8 Å². The van der Waals surface area contributed by atoms with E-state index >= 15 is 0 Å². The molecule has 0 aliphatic rings. The number of rotatable bonds is 4. The molecule has 1 aromatic carbocycles. The topological polar surface area (TPSA) is 21.3 Å². The van der Waals surface area contributed by atoms with E-state index in [1.54, 1.807) is 0 Å². The Bertz CT molecular complexity index is 363. The second-order valence-electron chi connectivity index (χ2n) is 6.17. The minimum absolute atomic E-state index is 0.159. The van der Waals surface area contributed by atoms with Crippen LogP contribution in [-0.4, -0.2) is 19.2 Å². The lowest BCUT2D eigenvalue weighted by atomic mass is 9.87. The van der Waals surface area contributed by atoms with Crippen LogP contribution in [0.2, 0.25) is 0 Å². The fourth-order valence-corrected chi connectivity index (χ4v) is 1.81. The maximum Gasteiger partial charge on any atom is 0.120 e. The van der Waals surface area contributed by atoms with Gasteiger partial charge in [0.1, 0.15) is 11.4 Å². The summed E-state index contributed by atoms with van der Waals surface area (Å²) in [6, 6.07) is 8.37. The van der Waals surface area contributed by atoms with Crippen molar-refractivity contribution in [1.29, 1.82) is 0 Å². The van der Waals surface area contributed by atoms with Gasteiger partial charge in [0.25, 0.3) is 0 Å². The molecule has 0 fully saturated rings. The molecule has 0 unspecified atom stereocenters. The van der Waals surface area contributed by atoms with E-state index < -0.39 is 0 Å². The average Bonchev–Trinajstić information content (AvgIpc) is 2.15. The van der Waals surface area contributed by atoms with E-state index in [2.05, 4.69) is 58.1 Å². The second-order valence-corrected chi connectivity index (χ2v) is 6.17. The van der Waals surface area contributed by atoms with Crippen LogP contribution in [0.3, 0.4) is 0 Å². The fourth-order valence-electron chi connectivity index (χ4n) is 1.81. The van der Waals surface area contributed by atoms with Crippen LogP contribution in [0.15, 0.2) is 24.3 Å². The molecule has 0 atom stereocenters. The van der Waals surface area contributed by atoms with Crippen molar-refractivity contribution in [1.82, 2.24) is 5.32 Å². The van der Waals surface area contributed by atoms with E-state index in [4.69, 9.17) is 4.74 Å². The molecule has 96 valence electrons. The quantitative estimate of drug-likeness (QED) is 0.864. The van der Waals surface area contributed by atoms with E-state index in [9.17, 15) is 0 Å². The van der Waals surface area contributed by atoms with Gasteiger partial charge in [0, 0.05) is 6.54 Å². The highest BCUT2D eigenvalue weighted by Gasteiger charge is 2.20. The normalized spacial score (nSPS) is 12.6. The molecule has 0 saturated heterocycles. The summed E-state index contributed by atoms with van der Waals surface area (Å²) in [6.45, 7) is 11.6. The highest BCUT2D eigenvalue weighted by molar-refractivity contribution is 5.33. The molecule has 0 aliphatic carbocycles. The fraction of sp³-hybridized carbons (Fsp3) is 0.600. The van der Waals surface area contributed by atoms with Crippen LogP contribution in [0.25, 0.3) is 0 Å². The molecule has 0 radical (unpaired) electrons. The van der Waals surface area contributed by atoms with Gasteiger partial charge < -0.3 is 10.1 Å². The largest absolute Gasteiger partial charge is 0.487 e. The molecule has 1 N–H and O–H groups in total. The van der Waals surface area contributed by atoms with Gasteiger partial charge in [-0.1, -0.05) is 32.9 Å². The van der Waals surface area contributed by atoms with Gasteiger partial charge in [-0.3, -0.25) is 0 Å². The van der Waals surface area contributed by atoms with Crippen molar-refractivity contribution in [2.75, 3.05) is 13.6 Å². The van der Waals surface area contributed by atoms with Crippen LogP contribution in [0.5, 0.6) is 5.75 Å². The van der Waals surface area contributed by atoms with E-state index in [1.807, 2.05) is 13.1 Å². The summed E-state index contributed by atoms with van der Waals surface area (Å²) >= 11 is 0. The first-order valence-corrected chi connectivity index (χ1v) is 6.19. The molecule has 1 aromatic rings. The van der Waals surface area contributed by atoms with Crippen molar-refractivity contribution < 1.29 is 4.74 Å². The highest BCUT2D eigenvalue weighted by Crippen LogP contribution is 2.27. The first-order chi connectivity index (χ1) is 7.74. The molecule has 2 nitrogen and oxygen atoms in total. The third kappa shape index (κ3) is 4.39.